The first kappa shape index (κ1) is 21.3. The highest BCUT2D eigenvalue weighted by Crippen LogP contribution is 2.23. The molecular formula is C17H19ClN4O6. The van der Waals surface area contributed by atoms with E-state index in [2.05, 4.69) is 15.5 Å². The van der Waals surface area contributed by atoms with Crippen LogP contribution in [-0.2, 0) is 9.53 Å². The number of aromatic nitrogens is 2. The molecule has 0 bridgehead atoms. The molecule has 2 rings (SSSR count). The van der Waals surface area contributed by atoms with Gasteiger partial charge in [-0.05, 0) is 18.9 Å². The van der Waals surface area contributed by atoms with E-state index < -0.39 is 28.9 Å². The molecule has 0 fully saturated rings. The summed E-state index contributed by atoms with van der Waals surface area (Å²) in [6, 6.07) is 2.47. The van der Waals surface area contributed by atoms with Gasteiger partial charge in [-0.2, -0.15) is 0 Å². The topological polar surface area (TPSA) is 137 Å². The molecule has 28 heavy (non-hydrogen) atoms. The molecule has 1 amide bonds. The van der Waals surface area contributed by atoms with Gasteiger partial charge in [-0.3, -0.25) is 14.9 Å². The zero-order chi connectivity index (χ0) is 21.0. The van der Waals surface area contributed by atoms with E-state index in [1.165, 1.54) is 6.07 Å². The summed E-state index contributed by atoms with van der Waals surface area (Å²) in [7, 11) is 0. The molecule has 1 aromatic carbocycles. The van der Waals surface area contributed by atoms with Crippen molar-refractivity contribution in [2.75, 3.05) is 0 Å². The van der Waals surface area contributed by atoms with Gasteiger partial charge in [0.05, 0.1) is 15.5 Å². The number of rotatable bonds is 7. The summed E-state index contributed by atoms with van der Waals surface area (Å²) in [5.41, 5.74) is -0.240. The van der Waals surface area contributed by atoms with Gasteiger partial charge in [-0.15, -0.1) is 10.2 Å². The maximum absolute atomic E-state index is 12.5. The zero-order valence-electron chi connectivity index (χ0n) is 15.6. The number of nitro groups is 1. The number of carbonyl (C=O) groups is 2. The number of non-ortho nitro benzene ring substituents is 1. The Hall–Kier alpha value is -3.01. The van der Waals surface area contributed by atoms with Gasteiger partial charge in [-0.1, -0.05) is 25.4 Å². The van der Waals surface area contributed by atoms with Crippen LogP contribution in [0.25, 0.3) is 0 Å². The summed E-state index contributed by atoms with van der Waals surface area (Å²) in [6.45, 7) is 6.63. The lowest BCUT2D eigenvalue weighted by molar-refractivity contribution is -0.384. The fourth-order valence-corrected chi connectivity index (χ4v) is 2.55. The van der Waals surface area contributed by atoms with Gasteiger partial charge in [0.25, 0.3) is 17.5 Å². The van der Waals surface area contributed by atoms with Crippen LogP contribution in [0.3, 0.4) is 0 Å². The summed E-state index contributed by atoms with van der Waals surface area (Å²) < 4.78 is 10.5. The molecule has 0 saturated carbocycles. The van der Waals surface area contributed by atoms with E-state index in [1.54, 1.807) is 27.7 Å². The Balaban J connectivity index is 2.12. The van der Waals surface area contributed by atoms with Crippen molar-refractivity contribution in [3.63, 3.8) is 0 Å². The van der Waals surface area contributed by atoms with Crippen molar-refractivity contribution < 1.29 is 23.7 Å². The highest BCUT2D eigenvalue weighted by molar-refractivity contribution is 6.34. The minimum Gasteiger partial charge on any atom is -0.451 e. The van der Waals surface area contributed by atoms with E-state index in [1.807, 2.05) is 0 Å². The number of nitrogens with one attached hydrogen (secondary N) is 1. The number of hydrogen-bond acceptors (Lipinski definition) is 8. The molecule has 0 aliphatic heterocycles. The molecule has 1 N–H and O–H groups in total. The standard InChI is InChI=1S/C17H19ClN4O6/c1-8(2)14(17(24)27-9(3)16-21-20-10(4)28-16)19-15(23)12-6-5-11(22(25)26)7-13(12)18/h5-9,14H,1-4H3,(H,19,23)/t9?,14-/m0/s1. The van der Waals surface area contributed by atoms with Gasteiger partial charge in [0.2, 0.25) is 5.89 Å². The first-order valence-corrected chi connectivity index (χ1v) is 8.73. The highest BCUT2D eigenvalue weighted by Gasteiger charge is 2.30. The average molecular weight is 411 g/mol. The Kier molecular flexibility index (Phi) is 6.68. The van der Waals surface area contributed by atoms with Crippen molar-refractivity contribution in [2.24, 2.45) is 5.92 Å². The van der Waals surface area contributed by atoms with Crippen molar-refractivity contribution in [1.82, 2.24) is 15.5 Å². The number of nitro benzene ring substituents is 1. The second-order valence-corrected chi connectivity index (χ2v) is 6.76. The minimum absolute atomic E-state index is 0.00583. The van der Waals surface area contributed by atoms with Crippen LogP contribution in [-0.4, -0.2) is 33.0 Å². The number of benzene rings is 1. The number of hydrogen-bond donors (Lipinski definition) is 1. The number of nitrogens with zero attached hydrogens (tertiary/aromatic N) is 3. The fourth-order valence-electron chi connectivity index (χ4n) is 2.29. The van der Waals surface area contributed by atoms with Crippen molar-refractivity contribution in [3.05, 3.63) is 50.7 Å². The first-order valence-electron chi connectivity index (χ1n) is 8.35. The van der Waals surface area contributed by atoms with Gasteiger partial charge >= 0.3 is 5.97 Å². The van der Waals surface area contributed by atoms with E-state index in [4.69, 9.17) is 20.8 Å². The third kappa shape index (κ3) is 5.03. The van der Waals surface area contributed by atoms with Crippen LogP contribution in [0.1, 0.15) is 49.0 Å². The highest BCUT2D eigenvalue weighted by atomic mass is 35.5. The molecule has 150 valence electrons. The van der Waals surface area contributed by atoms with Crippen molar-refractivity contribution in [1.29, 1.82) is 0 Å². The maximum atomic E-state index is 12.5. The molecule has 2 atom stereocenters. The minimum atomic E-state index is -0.981. The third-order valence-electron chi connectivity index (χ3n) is 3.80. The molecule has 1 heterocycles. The van der Waals surface area contributed by atoms with E-state index in [-0.39, 0.29) is 28.1 Å². The second kappa shape index (κ2) is 8.79. The molecule has 10 nitrogen and oxygen atoms in total. The SMILES string of the molecule is Cc1nnc(C(C)OC(=O)[C@@H](NC(=O)c2ccc([N+](=O)[O-])cc2Cl)C(C)C)o1. The Labute approximate surface area is 165 Å². The van der Waals surface area contributed by atoms with E-state index in [0.29, 0.717) is 5.89 Å². The van der Waals surface area contributed by atoms with Gasteiger partial charge < -0.3 is 14.5 Å². The van der Waals surface area contributed by atoms with Gasteiger partial charge in [0.15, 0.2) is 6.10 Å². The summed E-state index contributed by atoms with van der Waals surface area (Å²) in [4.78, 5) is 35.2. The van der Waals surface area contributed by atoms with Gasteiger partial charge in [0, 0.05) is 19.1 Å². The number of esters is 1. The molecule has 0 aliphatic rings. The summed E-state index contributed by atoms with van der Waals surface area (Å²) in [5.74, 6) is -1.18. The molecule has 0 saturated heterocycles. The quantitative estimate of drug-likeness (QED) is 0.417. The Morgan fingerprint density at radius 3 is 2.46 bits per heavy atom. The normalized spacial score (nSPS) is 13.1. The average Bonchev–Trinajstić information content (AvgIpc) is 3.05. The van der Waals surface area contributed by atoms with Crippen LogP contribution in [0.15, 0.2) is 22.6 Å². The molecule has 0 radical (unpaired) electrons. The molecule has 1 unspecified atom stereocenters. The number of amides is 1. The van der Waals surface area contributed by atoms with Gasteiger partial charge in [-0.25, -0.2) is 4.79 Å². The Morgan fingerprint density at radius 1 is 1.29 bits per heavy atom. The van der Waals surface area contributed by atoms with Crippen LogP contribution in [0.5, 0.6) is 0 Å². The Bertz CT molecular complexity index is 898. The number of aryl methyl sites for hydroxylation is 1. The predicted molar refractivity (Wildman–Crippen MR) is 97.7 cm³/mol. The molecular weight excluding hydrogens is 392 g/mol. The van der Waals surface area contributed by atoms with Gasteiger partial charge in [0.1, 0.15) is 6.04 Å². The summed E-state index contributed by atoms with van der Waals surface area (Å²) >= 11 is 5.97. The van der Waals surface area contributed by atoms with Crippen LogP contribution in [0.4, 0.5) is 5.69 Å². The van der Waals surface area contributed by atoms with Crippen molar-refractivity contribution >= 4 is 29.2 Å². The molecule has 0 aliphatic carbocycles. The van der Waals surface area contributed by atoms with Crippen LogP contribution < -0.4 is 5.32 Å². The summed E-state index contributed by atoms with van der Waals surface area (Å²) in [6.07, 6.45) is -0.796. The largest absolute Gasteiger partial charge is 0.451 e. The first-order chi connectivity index (χ1) is 13.1. The number of ether oxygens (including phenoxy) is 1. The molecule has 11 heteroatoms. The second-order valence-electron chi connectivity index (χ2n) is 6.35. The fraction of sp³-hybridized carbons (Fsp3) is 0.412. The van der Waals surface area contributed by atoms with Crippen LogP contribution in [0, 0.1) is 23.0 Å². The van der Waals surface area contributed by atoms with E-state index in [9.17, 15) is 19.7 Å². The smallest absolute Gasteiger partial charge is 0.329 e. The number of carbonyl (C=O) groups excluding carboxylic acids is 2. The Morgan fingerprint density at radius 2 is 1.96 bits per heavy atom. The lowest BCUT2D eigenvalue weighted by Gasteiger charge is -2.22. The van der Waals surface area contributed by atoms with Crippen molar-refractivity contribution in [2.45, 2.75) is 39.8 Å². The molecule has 0 spiro atoms. The maximum Gasteiger partial charge on any atom is 0.329 e. The van der Waals surface area contributed by atoms with Crippen LogP contribution in [0.2, 0.25) is 5.02 Å². The lowest BCUT2D eigenvalue weighted by Crippen LogP contribution is -2.45. The predicted octanol–water partition coefficient (Wildman–Crippen LogP) is 3.00. The van der Waals surface area contributed by atoms with Crippen molar-refractivity contribution in [3.8, 4) is 0 Å². The molecule has 1 aromatic heterocycles. The monoisotopic (exact) mass is 410 g/mol. The lowest BCUT2D eigenvalue weighted by atomic mass is 10.0. The van der Waals surface area contributed by atoms with Crippen LogP contribution >= 0.6 is 11.6 Å². The third-order valence-corrected chi connectivity index (χ3v) is 4.11. The molecule has 2 aromatic rings. The van der Waals surface area contributed by atoms with E-state index >= 15 is 0 Å². The zero-order valence-corrected chi connectivity index (χ0v) is 16.4. The summed E-state index contributed by atoms with van der Waals surface area (Å²) in [5, 5.41) is 20.7. The van der Waals surface area contributed by atoms with E-state index in [0.717, 1.165) is 12.1 Å². The number of halogens is 1.